The molecule has 1 aromatic carbocycles. The number of ether oxygens (including phenoxy) is 1. The highest BCUT2D eigenvalue weighted by Crippen LogP contribution is 2.20. The maximum absolute atomic E-state index is 12.4. The van der Waals surface area contributed by atoms with Gasteiger partial charge in [0, 0.05) is 32.6 Å². The summed E-state index contributed by atoms with van der Waals surface area (Å²) in [5.74, 6) is 0.901. The molecule has 0 bridgehead atoms. The van der Waals surface area contributed by atoms with Crippen molar-refractivity contribution in [1.29, 1.82) is 0 Å². The van der Waals surface area contributed by atoms with Crippen molar-refractivity contribution in [2.24, 2.45) is 0 Å². The molecule has 2 amide bonds. The molecule has 23 heavy (non-hydrogen) atoms. The van der Waals surface area contributed by atoms with Crippen molar-refractivity contribution in [1.82, 2.24) is 9.80 Å². The van der Waals surface area contributed by atoms with Gasteiger partial charge in [-0.2, -0.15) is 0 Å². The number of benzene rings is 1. The fourth-order valence-electron chi connectivity index (χ4n) is 2.75. The Hall–Kier alpha value is -2.04. The summed E-state index contributed by atoms with van der Waals surface area (Å²) in [5.41, 5.74) is 2.22. The zero-order valence-electron chi connectivity index (χ0n) is 14.3. The standard InChI is InChI=1S/C18H26N2O3/c1-4-17(21)19-9-6-10-20(12-11-19)18(22)13-23-16-8-5-7-14(2)15(16)3/h5,7-8H,4,6,9-13H2,1-3H3. The Morgan fingerprint density at radius 1 is 1.04 bits per heavy atom. The first-order valence-corrected chi connectivity index (χ1v) is 8.27. The maximum Gasteiger partial charge on any atom is 0.260 e. The molecule has 1 saturated heterocycles. The van der Waals surface area contributed by atoms with E-state index in [2.05, 4.69) is 0 Å². The molecule has 0 unspecified atom stereocenters. The van der Waals surface area contributed by atoms with E-state index in [1.54, 1.807) is 4.90 Å². The lowest BCUT2D eigenvalue weighted by atomic mass is 10.1. The molecule has 0 N–H and O–H groups in total. The molecule has 2 rings (SSSR count). The average Bonchev–Trinajstić information content (AvgIpc) is 2.81. The molecule has 1 heterocycles. The number of carbonyl (C=O) groups is 2. The minimum atomic E-state index is -0.0169. The molecule has 1 aliphatic rings. The normalized spacial score (nSPS) is 15.3. The summed E-state index contributed by atoms with van der Waals surface area (Å²) in [6.07, 6.45) is 1.34. The van der Waals surface area contributed by atoms with Crippen molar-refractivity contribution < 1.29 is 14.3 Å². The summed E-state index contributed by atoms with van der Waals surface area (Å²) in [7, 11) is 0. The van der Waals surface area contributed by atoms with Crippen LogP contribution < -0.4 is 4.74 Å². The van der Waals surface area contributed by atoms with Gasteiger partial charge in [0.05, 0.1) is 0 Å². The van der Waals surface area contributed by atoms with Gasteiger partial charge < -0.3 is 14.5 Å². The first-order valence-electron chi connectivity index (χ1n) is 8.27. The topological polar surface area (TPSA) is 49.9 Å². The van der Waals surface area contributed by atoms with E-state index in [0.717, 1.165) is 29.8 Å². The summed E-state index contributed by atoms with van der Waals surface area (Å²) >= 11 is 0. The van der Waals surface area contributed by atoms with Crippen LogP contribution in [0.2, 0.25) is 0 Å². The van der Waals surface area contributed by atoms with E-state index in [-0.39, 0.29) is 18.4 Å². The molecule has 1 aromatic rings. The third-order valence-corrected chi connectivity index (χ3v) is 4.41. The molecule has 1 aliphatic heterocycles. The second-order valence-electron chi connectivity index (χ2n) is 5.96. The highest BCUT2D eigenvalue weighted by Gasteiger charge is 2.21. The van der Waals surface area contributed by atoms with Gasteiger partial charge in [-0.15, -0.1) is 0 Å². The van der Waals surface area contributed by atoms with Gasteiger partial charge in [-0.1, -0.05) is 19.1 Å². The van der Waals surface area contributed by atoms with Gasteiger partial charge in [0.15, 0.2) is 6.61 Å². The molecule has 0 aromatic heterocycles. The van der Waals surface area contributed by atoms with Gasteiger partial charge in [0.2, 0.25) is 5.91 Å². The third kappa shape index (κ3) is 4.47. The highest BCUT2D eigenvalue weighted by molar-refractivity contribution is 5.78. The Kier molecular flexibility index (Phi) is 6.02. The minimum Gasteiger partial charge on any atom is -0.483 e. The lowest BCUT2D eigenvalue weighted by Crippen LogP contribution is -2.39. The number of hydrogen-bond donors (Lipinski definition) is 0. The van der Waals surface area contributed by atoms with E-state index in [1.165, 1.54) is 0 Å². The number of rotatable bonds is 4. The number of amides is 2. The number of hydrogen-bond acceptors (Lipinski definition) is 3. The minimum absolute atomic E-state index is 0.0169. The Labute approximate surface area is 138 Å². The second kappa shape index (κ2) is 7.99. The molecule has 0 radical (unpaired) electrons. The average molecular weight is 318 g/mol. The van der Waals surface area contributed by atoms with Crippen LogP contribution in [-0.4, -0.2) is 54.4 Å². The maximum atomic E-state index is 12.4. The van der Waals surface area contributed by atoms with Crippen LogP contribution in [0.5, 0.6) is 5.75 Å². The molecule has 0 atom stereocenters. The Balaban J connectivity index is 1.88. The van der Waals surface area contributed by atoms with Crippen LogP contribution >= 0.6 is 0 Å². The Bertz CT molecular complexity index is 571. The number of aryl methyl sites for hydroxylation is 1. The van der Waals surface area contributed by atoms with Crippen LogP contribution in [0.25, 0.3) is 0 Å². The van der Waals surface area contributed by atoms with E-state index in [0.29, 0.717) is 26.1 Å². The van der Waals surface area contributed by atoms with E-state index in [9.17, 15) is 9.59 Å². The predicted octanol–water partition coefficient (Wildman–Crippen LogP) is 2.15. The summed E-state index contributed by atoms with van der Waals surface area (Å²) in [4.78, 5) is 27.8. The predicted molar refractivity (Wildman–Crippen MR) is 89.5 cm³/mol. The number of carbonyl (C=O) groups excluding carboxylic acids is 2. The Morgan fingerprint density at radius 3 is 2.35 bits per heavy atom. The van der Waals surface area contributed by atoms with Crippen LogP contribution in [0.3, 0.4) is 0 Å². The molecule has 0 aliphatic carbocycles. The van der Waals surface area contributed by atoms with Crippen molar-refractivity contribution in [3.05, 3.63) is 29.3 Å². The van der Waals surface area contributed by atoms with Gasteiger partial charge in [-0.3, -0.25) is 9.59 Å². The van der Waals surface area contributed by atoms with E-state index >= 15 is 0 Å². The second-order valence-corrected chi connectivity index (χ2v) is 5.96. The largest absolute Gasteiger partial charge is 0.483 e. The summed E-state index contributed by atoms with van der Waals surface area (Å²) in [5, 5.41) is 0. The van der Waals surface area contributed by atoms with Crippen LogP contribution in [0.1, 0.15) is 30.9 Å². The van der Waals surface area contributed by atoms with Crippen LogP contribution in [0, 0.1) is 13.8 Å². The zero-order chi connectivity index (χ0) is 16.8. The molecule has 5 nitrogen and oxygen atoms in total. The van der Waals surface area contributed by atoms with Crippen molar-refractivity contribution in [3.8, 4) is 5.75 Å². The first-order chi connectivity index (χ1) is 11.0. The molecule has 0 saturated carbocycles. The molecular weight excluding hydrogens is 292 g/mol. The SMILES string of the molecule is CCC(=O)N1CCCN(C(=O)COc2cccc(C)c2C)CC1. The van der Waals surface area contributed by atoms with Gasteiger partial charge in [-0.05, 0) is 37.5 Å². The molecule has 1 fully saturated rings. The van der Waals surface area contributed by atoms with Gasteiger partial charge in [-0.25, -0.2) is 0 Å². The van der Waals surface area contributed by atoms with Crippen LogP contribution in [0.15, 0.2) is 18.2 Å². The summed E-state index contributed by atoms with van der Waals surface area (Å²) in [6.45, 7) is 8.55. The van der Waals surface area contributed by atoms with Crippen molar-refractivity contribution in [3.63, 3.8) is 0 Å². The van der Waals surface area contributed by atoms with Crippen LogP contribution in [0.4, 0.5) is 0 Å². The van der Waals surface area contributed by atoms with Crippen molar-refractivity contribution >= 4 is 11.8 Å². The smallest absolute Gasteiger partial charge is 0.260 e. The van der Waals surface area contributed by atoms with Gasteiger partial charge in [0.25, 0.3) is 5.91 Å². The zero-order valence-corrected chi connectivity index (χ0v) is 14.3. The van der Waals surface area contributed by atoms with E-state index in [4.69, 9.17) is 4.74 Å². The summed E-state index contributed by atoms with van der Waals surface area (Å²) < 4.78 is 5.70. The van der Waals surface area contributed by atoms with Crippen LogP contribution in [-0.2, 0) is 9.59 Å². The lowest BCUT2D eigenvalue weighted by molar-refractivity contribution is -0.134. The Morgan fingerprint density at radius 2 is 1.70 bits per heavy atom. The van der Waals surface area contributed by atoms with Gasteiger partial charge >= 0.3 is 0 Å². The number of nitrogens with zero attached hydrogens (tertiary/aromatic N) is 2. The molecule has 126 valence electrons. The molecular formula is C18H26N2O3. The highest BCUT2D eigenvalue weighted by atomic mass is 16.5. The first kappa shape index (κ1) is 17.3. The fraction of sp³-hybridized carbons (Fsp3) is 0.556. The quantitative estimate of drug-likeness (QED) is 0.855. The molecule has 5 heteroatoms. The molecule has 0 spiro atoms. The van der Waals surface area contributed by atoms with Crippen molar-refractivity contribution in [2.75, 3.05) is 32.8 Å². The monoisotopic (exact) mass is 318 g/mol. The third-order valence-electron chi connectivity index (χ3n) is 4.41. The van der Waals surface area contributed by atoms with Gasteiger partial charge in [0.1, 0.15) is 5.75 Å². The fourth-order valence-corrected chi connectivity index (χ4v) is 2.75. The summed E-state index contributed by atoms with van der Waals surface area (Å²) in [6, 6.07) is 5.85. The van der Waals surface area contributed by atoms with Crippen molar-refractivity contribution in [2.45, 2.75) is 33.6 Å². The lowest BCUT2D eigenvalue weighted by Gasteiger charge is -2.22. The van der Waals surface area contributed by atoms with E-state index in [1.807, 2.05) is 43.9 Å². The van der Waals surface area contributed by atoms with E-state index < -0.39 is 0 Å².